The molecule has 2 amide bonds. The van der Waals surface area contributed by atoms with Crippen LogP contribution in [0.1, 0.15) is 27.1 Å². The molecule has 8 heteroatoms. The van der Waals surface area contributed by atoms with Gasteiger partial charge < -0.3 is 20.1 Å². The minimum atomic E-state index is -1.07. The number of amides is 2. The van der Waals surface area contributed by atoms with Gasteiger partial charge in [-0.25, -0.2) is 4.79 Å². The number of carbonyl (C=O) groups is 3. The van der Waals surface area contributed by atoms with E-state index in [0.717, 1.165) is 0 Å². The van der Waals surface area contributed by atoms with Gasteiger partial charge in [0.25, 0.3) is 11.8 Å². The summed E-state index contributed by atoms with van der Waals surface area (Å²) in [5.74, 6) is -1.83. The first-order chi connectivity index (χ1) is 13.0. The summed E-state index contributed by atoms with van der Waals surface area (Å²) in [5, 5.41) is 12.1. The van der Waals surface area contributed by atoms with Gasteiger partial charge in [-0.05, 0) is 30.3 Å². The maximum atomic E-state index is 12.8. The number of carbonyl (C=O) groups excluding carboxylic acids is 2. The molecule has 0 aliphatic carbocycles. The quantitative estimate of drug-likeness (QED) is 0.829. The number of rotatable bonds is 5. The van der Waals surface area contributed by atoms with Crippen LogP contribution >= 0.6 is 0 Å². The van der Waals surface area contributed by atoms with Crippen LogP contribution in [0.4, 0.5) is 5.69 Å². The highest BCUT2D eigenvalue weighted by molar-refractivity contribution is 6.05. The average molecular weight is 369 g/mol. The minimum absolute atomic E-state index is 0.207. The van der Waals surface area contributed by atoms with Crippen molar-refractivity contribution in [1.82, 2.24) is 9.88 Å². The molecule has 0 bridgehead atoms. The molecule has 140 valence electrons. The highest BCUT2D eigenvalue weighted by Gasteiger charge is 2.40. The fourth-order valence-electron chi connectivity index (χ4n) is 3.02. The summed E-state index contributed by atoms with van der Waals surface area (Å²) in [6.07, 6.45) is 2.94. The molecule has 1 fully saturated rings. The van der Waals surface area contributed by atoms with Gasteiger partial charge >= 0.3 is 5.97 Å². The number of carboxylic acid groups (broad SMARTS) is 1. The van der Waals surface area contributed by atoms with Gasteiger partial charge in [-0.1, -0.05) is 6.07 Å². The van der Waals surface area contributed by atoms with Crippen LogP contribution in [0.2, 0.25) is 0 Å². The van der Waals surface area contributed by atoms with Crippen molar-refractivity contribution in [3.63, 3.8) is 0 Å². The van der Waals surface area contributed by atoms with E-state index < -0.39 is 17.9 Å². The van der Waals surface area contributed by atoms with Crippen molar-refractivity contribution < 1.29 is 24.2 Å². The van der Waals surface area contributed by atoms with Crippen molar-refractivity contribution in [3.05, 3.63) is 59.9 Å². The number of nitrogens with one attached hydrogen (secondary N) is 1. The molecule has 2 heterocycles. The predicted molar refractivity (Wildman–Crippen MR) is 96.5 cm³/mol. The molecular formula is C19H19N3O5. The number of likely N-dealkylation sites (tertiary alicyclic amines) is 1. The third-order valence-corrected chi connectivity index (χ3v) is 4.43. The summed E-state index contributed by atoms with van der Waals surface area (Å²) < 4.78 is 5.21. The van der Waals surface area contributed by atoms with Crippen LogP contribution in [-0.4, -0.2) is 58.6 Å². The third kappa shape index (κ3) is 4.12. The number of benzene rings is 1. The Balaban J connectivity index is 1.77. The topological polar surface area (TPSA) is 109 Å². The molecule has 2 N–H and O–H groups in total. The van der Waals surface area contributed by atoms with Gasteiger partial charge in [0.15, 0.2) is 0 Å². The lowest BCUT2D eigenvalue weighted by molar-refractivity contribution is -0.141. The molecule has 2 atom stereocenters. The van der Waals surface area contributed by atoms with E-state index in [-0.39, 0.29) is 25.0 Å². The monoisotopic (exact) mass is 369 g/mol. The molecule has 1 aromatic heterocycles. The summed E-state index contributed by atoms with van der Waals surface area (Å²) >= 11 is 0. The Morgan fingerprint density at radius 2 is 2.00 bits per heavy atom. The SMILES string of the molecule is COC1CC(C(=O)O)N(C(=O)c2cccc(NC(=O)c3cccnc3)c2)C1. The van der Waals surface area contributed by atoms with Crippen molar-refractivity contribution in [2.45, 2.75) is 18.6 Å². The molecule has 2 unspecified atom stereocenters. The standard InChI is InChI=1S/C19H19N3O5/c1-27-15-9-16(19(25)26)22(11-15)18(24)12-4-2-6-14(8-12)21-17(23)13-5-3-7-20-10-13/h2-8,10,15-16H,9,11H2,1H3,(H,21,23)(H,25,26). The van der Waals surface area contributed by atoms with E-state index in [1.165, 1.54) is 24.3 Å². The van der Waals surface area contributed by atoms with Gasteiger partial charge in [0.2, 0.25) is 0 Å². The number of nitrogens with zero attached hydrogens (tertiary/aromatic N) is 2. The number of ether oxygens (including phenoxy) is 1. The van der Waals surface area contributed by atoms with Crippen LogP contribution in [0.3, 0.4) is 0 Å². The van der Waals surface area contributed by atoms with E-state index in [4.69, 9.17) is 4.74 Å². The number of aromatic nitrogens is 1. The molecule has 1 aliphatic rings. The lowest BCUT2D eigenvalue weighted by atomic mass is 10.1. The zero-order chi connectivity index (χ0) is 19.4. The first kappa shape index (κ1) is 18.5. The van der Waals surface area contributed by atoms with Crippen LogP contribution in [0.15, 0.2) is 48.8 Å². The van der Waals surface area contributed by atoms with Crippen molar-refractivity contribution in [2.75, 3.05) is 19.0 Å². The Morgan fingerprint density at radius 1 is 1.22 bits per heavy atom. The zero-order valence-electron chi connectivity index (χ0n) is 14.7. The molecule has 27 heavy (non-hydrogen) atoms. The predicted octanol–water partition coefficient (Wildman–Crippen LogP) is 1.65. The summed E-state index contributed by atoms with van der Waals surface area (Å²) in [4.78, 5) is 41.7. The van der Waals surface area contributed by atoms with Crippen LogP contribution in [0.5, 0.6) is 0 Å². The second-order valence-corrected chi connectivity index (χ2v) is 6.18. The van der Waals surface area contributed by atoms with Crippen molar-refractivity contribution in [3.8, 4) is 0 Å². The molecule has 1 aromatic carbocycles. The smallest absolute Gasteiger partial charge is 0.326 e. The fourth-order valence-corrected chi connectivity index (χ4v) is 3.02. The maximum absolute atomic E-state index is 12.8. The van der Waals surface area contributed by atoms with E-state index in [0.29, 0.717) is 16.8 Å². The number of hydrogen-bond acceptors (Lipinski definition) is 5. The van der Waals surface area contributed by atoms with Crippen LogP contribution < -0.4 is 5.32 Å². The van der Waals surface area contributed by atoms with Crippen LogP contribution in [0, 0.1) is 0 Å². The first-order valence-corrected chi connectivity index (χ1v) is 8.37. The lowest BCUT2D eigenvalue weighted by Crippen LogP contribution is -2.40. The fraction of sp³-hybridized carbons (Fsp3) is 0.263. The second-order valence-electron chi connectivity index (χ2n) is 6.18. The maximum Gasteiger partial charge on any atom is 0.326 e. The number of pyridine rings is 1. The Kier molecular flexibility index (Phi) is 5.46. The van der Waals surface area contributed by atoms with E-state index in [1.54, 1.807) is 36.5 Å². The van der Waals surface area contributed by atoms with Crippen LogP contribution in [0.25, 0.3) is 0 Å². The second kappa shape index (κ2) is 7.96. The van der Waals surface area contributed by atoms with E-state index in [1.807, 2.05) is 0 Å². The molecule has 3 rings (SSSR count). The highest BCUT2D eigenvalue weighted by atomic mass is 16.5. The van der Waals surface area contributed by atoms with Crippen molar-refractivity contribution >= 4 is 23.5 Å². The Hall–Kier alpha value is -3.26. The zero-order valence-corrected chi connectivity index (χ0v) is 14.7. The molecule has 2 aromatic rings. The van der Waals surface area contributed by atoms with Crippen molar-refractivity contribution in [1.29, 1.82) is 0 Å². The molecule has 0 radical (unpaired) electrons. The summed E-state index contributed by atoms with van der Waals surface area (Å²) in [5.41, 5.74) is 1.12. The summed E-state index contributed by atoms with van der Waals surface area (Å²) in [6, 6.07) is 8.74. The summed E-state index contributed by atoms with van der Waals surface area (Å²) in [6.45, 7) is 0.207. The molecule has 0 spiro atoms. The molecule has 1 saturated heterocycles. The highest BCUT2D eigenvalue weighted by Crippen LogP contribution is 2.24. The Bertz CT molecular complexity index is 855. The van der Waals surface area contributed by atoms with E-state index in [9.17, 15) is 19.5 Å². The van der Waals surface area contributed by atoms with Gasteiger partial charge in [-0.2, -0.15) is 0 Å². The minimum Gasteiger partial charge on any atom is -0.480 e. The Morgan fingerprint density at radius 3 is 2.67 bits per heavy atom. The van der Waals surface area contributed by atoms with Crippen molar-refractivity contribution in [2.24, 2.45) is 0 Å². The number of hydrogen-bond donors (Lipinski definition) is 2. The normalized spacial score (nSPS) is 18.9. The van der Waals surface area contributed by atoms with Gasteiger partial charge in [0, 0.05) is 43.7 Å². The molecular weight excluding hydrogens is 350 g/mol. The van der Waals surface area contributed by atoms with E-state index in [2.05, 4.69) is 10.3 Å². The third-order valence-electron chi connectivity index (χ3n) is 4.43. The Labute approximate surface area is 155 Å². The number of aliphatic carboxylic acids is 1. The lowest BCUT2D eigenvalue weighted by Gasteiger charge is -2.21. The molecule has 8 nitrogen and oxygen atoms in total. The van der Waals surface area contributed by atoms with E-state index >= 15 is 0 Å². The van der Waals surface area contributed by atoms with Gasteiger partial charge in [0.1, 0.15) is 6.04 Å². The number of anilines is 1. The van der Waals surface area contributed by atoms with Gasteiger partial charge in [-0.15, -0.1) is 0 Å². The first-order valence-electron chi connectivity index (χ1n) is 8.37. The largest absolute Gasteiger partial charge is 0.480 e. The number of methoxy groups -OCH3 is 1. The average Bonchev–Trinajstić information content (AvgIpc) is 3.13. The van der Waals surface area contributed by atoms with Crippen LogP contribution in [-0.2, 0) is 9.53 Å². The summed E-state index contributed by atoms with van der Waals surface area (Å²) in [7, 11) is 1.49. The molecule has 0 saturated carbocycles. The molecule has 1 aliphatic heterocycles. The van der Waals surface area contributed by atoms with Gasteiger partial charge in [0.05, 0.1) is 11.7 Å². The van der Waals surface area contributed by atoms with Gasteiger partial charge in [-0.3, -0.25) is 14.6 Å². The number of carboxylic acids is 1.